The standard InChI is InChI=1S/C15H30N2O4/c1-3-5-7-9-12(16)20-14(18)11-15(19)21-13(17)10-8-6-4-2/h12-13H,3-11,16-17H2,1-2H3. The molecule has 0 aromatic carbocycles. The van der Waals surface area contributed by atoms with Crippen LogP contribution in [0, 0.1) is 0 Å². The minimum absolute atomic E-state index is 0.442. The molecular formula is C15H30N2O4. The van der Waals surface area contributed by atoms with Gasteiger partial charge in [-0.3, -0.25) is 21.1 Å². The Labute approximate surface area is 127 Å². The smallest absolute Gasteiger partial charge is 0.318 e. The van der Waals surface area contributed by atoms with E-state index in [2.05, 4.69) is 13.8 Å². The molecule has 21 heavy (non-hydrogen) atoms. The zero-order chi connectivity index (χ0) is 16.1. The van der Waals surface area contributed by atoms with Crippen molar-refractivity contribution in [3.63, 3.8) is 0 Å². The van der Waals surface area contributed by atoms with Crippen molar-refractivity contribution in [2.75, 3.05) is 0 Å². The number of unbranched alkanes of at least 4 members (excludes halogenated alkanes) is 4. The predicted octanol–water partition coefficient (Wildman–Crippen LogP) is 2.19. The topological polar surface area (TPSA) is 105 Å². The van der Waals surface area contributed by atoms with Gasteiger partial charge in [-0.1, -0.05) is 39.5 Å². The summed E-state index contributed by atoms with van der Waals surface area (Å²) in [5, 5.41) is 0. The van der Waals surface area contributed by atoms with E-state index >= 15 is 0 Å². The fourth-order valence-corrected chi connectivity index (χ4v) is 1.85. The third kappa shape index (κ3) is 12.3. The van der Waals surface area contributed by atoms with E-state index in [9.17, 15) is 9.59 Å². The van der Waals surface area contributed by atoms with Crippen molar-refractivity contribution in [2.45, 2.75) is 84.1 Å². The summed E-state index contributed by atoms with van der Waals surface area (Å²) in [6.45, 7) is 4.16. The van der Waals surface area contributed by atoms with Crippen molar-refractivity contribution in [1.82, 2.24) is 0 Å². The quantitative estimate of drug-likeness (QED) is 0.248. The number of hydrogen-bond donors (Lipinski definition) is 2. The van der Waals surface area contributed by atoms with Gasteiger partial charge in [0.15, 0.2) is 12.5 Å². The molecular weight excluding hydrogens is 272 g/mol. The average Bonchev–Trinajstić information content (AvgIpc) is 2.38. The molecule has 0 aromatic heterocycles. The summed E-state index contributed by atoms with van der Waals surface area (Å²) in [4.78, 5) is 23.0. The van der Waals surface area contributed by atoms with E-state index in [-0.39, 0.29) is 0 Å². The first-order chi connectivity index (χ1) is 9.99. The Bertz CT molecular complexity index is 269. The van der Waals surface area contributed by atoms with Crippen LogP contribution in [-0.4, -0.2) is 24.4 Å². The monoisotopic (exact) mass is 302 g/mol. The summed E-state index contributed by atoms with van der Waals surface area (Å²) < 4.78 is 9.89. The Morgan fingerprint density at radius 2 is 1.19 bits per heavy atom. The van der Waals surface area contributed by atoms with E-state index in [1.165, 1.54) is 0 Å². The molecule has 2 atom stereocenters. The van der Waals surface area contributed by atoms with Crippen molar-refractivity contribution in [3.8, 4) is 0 Å². The molecule has 0 aliphatic carbocycles. The van der Waals surface area contributed by atoms with Gasteiger partial charge in [-0.15, -0.1) is 0 Å². The van der Waals surface area contributed by atoms with Crippen molar-refractivity contribution in [2.24, 2.45) is 11.5 Å². The summed E-state index contributed by atoms with van der Waals surface area (Å²) in [5.41, 5.74) is 11.3. The molecule has 6 nitrogen and oxygen atoms in total. The molecule has 4 N–H and O–H groups in total. The van der Waals surface area contributed by atoms with Crippen molar-refractivity contribution in [3.05, 3.63) is 0 Å². The number of carbonyl (C=O) groups excluding carboxylic acids is 2. The lowest BCUT2D eigenvalue weighted by Crippen LogP contribution is -2.31. The largest absolute Gasteiger partial charge is 0.446 e. The first-order valence-corrected chi connectivity index (χ1v) is 7.89. The maximum Gasteiger partial charge on any atom is 0.318 e. The van der Waals surface area contributed by atoms with Gasteiger partial charge in [0, 0.05) is 0 Å². The second-order valence-corrected chi connectivity index (χ2v) is 5.22. The van der Waals surface area contributed by atoms with E-state index in [4.69, 9.17) is 20.9 Å². The second kappa shape index (κ2) is 12.6. The molecule has 6 heteroatoms. The van der Waals surface area contributed by atoms with E-state index in [1.807, 2.05) is 0 Å². The fourth-order valence-electron chi connectivity index (χ4n) is 1.85. The van der Waals surface area contributed by atoms with E-state index in [1.54, 1.807) is 0 Å². The zero-order valence-corrected chi connectivity index (χ0v) is 13.3. The van der Waals surface area contributed by atoms with E-state index < -0.39 is 30.8 Å². The van der Waals surface area contributed by atoms with Gasteiger partial charge in [0.2, 0.25) is 0 Å². The Morgan fingerprint density at radius 3 is 1.52 bits per heavy atom. The van der Waals surface area contributed by atoms with Gasteiger partial charge < -0.3 is 9.47 Å². The lowest BCUT2D eigenvalue weighted by molar-refractivity contribution is -0.160. The molecule has 124 valence electrons. The molecule has 0 saturated carbocycles. The predicted molar refractivity (Wildman–Crippen MR) is 81.0 cm³/mol. The molecule has 0 aliphatic heterocycles. The third-order valence-electron chi connectivity index (χ3n) is 3.04. The molecule has 0 bridgehead atoms. The van der Waals surface area contributed by atoms with Crippen LogP contribution in [0.25, 0.3) is 0 Å². The normalized spacial score (nSPS) is 13.5. The number of hydrogen-bond acceptors (Lipinski definition) is 6. The van der Waals surface area contributed by atoms with Gasteiger partial charge in [-0.2, -0.15) is 0 Å². The second-order valence-electron chi connectivity index (χ2n) is 5.22. The first-order valence-electron chi connectivity index (χ1n) is 7.89. The van der Waals surface area contributed by atoms with Crippen LogP contribution in [0.4, 0.5) is 0 Å². The average molecular weight is 302 g/mol. The summed E-state index contributed by atoms with van der Waals surface area (Å²) in [5.74, 6) is -1.32. The number of esters is 2. The third-order valence-corrected chi connectivity index (χ3v) is 3.04. The number of nitrogens with two attached hydrogens (primary N) is 2. The Kier molecular flexibility index (Phi) is 11.9. The van der Waals surface area contributed by atoms with Crippen LogP contribution < -0.4 is 11.5 Å². The minimum atomic E-state index is -0.662. The highest BCUT2D eigenvalue weighted by molar-refractivity contribution is 5.91. The highest BCUT2D eigenvalue weighted by Gasteiger charge is 2.17. The van der Waals surface area contributed by atoms with E-state index in [0.29, 0.717) is 12.8 Å². The fraction of sp³-hybridized carbons (Fsp3) is 0.867. The summed E-state index contributed by atoms with van der Waals surface area (Å²) in [6.07, 6.45) is 5.48. The van der Waals surface area contributed by atoms with Crippen molar-refractivity contribution < 1.29 is 19.1 Å². The van der Waals surface area contributed by atoms with Gasteiger partial charge in [-0.05, 0) is 25.7 Å². The number of ether oxygens (including phenoxy) is 2. The van der Waals surface area contributed by atoms with Crippen LogP contribution in [0.15, 0.2) is 0 Å². The van der Waals surface area contributed by atoms with Gasteiger partial charge >= 0.3 is 11.9 Å². The number of carbonyl (C=O) groups is 2. The molecule has 0 amide bonds. The van der Waals surface area contributed by atoms with Crippen LogP contribution in [-0.2, 0) is 19.1 Å². The Morgan fingerprint density at radius 1 is 0.810 bits per heavy atom. The van der Waals surface area contributed by atoms with Crippen molar-refractivity contribution >= 4 is 11.9 Å². The van der Waals surface area contributed by atoms with Gasteiger partial charge in [-0.25, -0.2) is 0 Å². The first kappa shape index (κ1) is 19.9. The van der Waals surface area contributed by atoms with Crippen LogP contribution in [0.3, 0.4) is 0 Å². The van der Waals surface area contributed by atoms with Crippen molar-refractivity contribution in [1.29, 1.82) is 0 Å². The summed E-state index contributed by atoms with van der Waals surface area (Å²) in [7, 11) is 0. The Hall–Kier alpha value is -1.14. The minimum Gasteiger partial charge on any atom is -0.446 e. The molecule has 0 radical (unpaired) electrons. The van der Waals surface area contributed by atoms with Gasteiger partial charge in [0.05, 0.1) is 0 Å². The lowest BCUT2D eigenvalue weighted by Gasteiger charge is -2.14. The van der Waals surface area contributed by atoms with Gasteiger partial charge in [0.1, 0.15) is 6.42 Å². The van der Waals surface area contributed by atoms with E-state index in [0.717, 1.165) is 38.5 Å². The molecule has 0 aromatic rings. The highest BCUT2D eigenvalue weighted by Crippen LogP contribution is 2.06. The zero-order valence-electron chi connectivity index (χ0n) is 13.3. The highest BCUT2D eigenvalue weighted by atomic mass is 16.6. The maximum atomic E-state index is 11.5. The lowest BCUT2D eigenvalue weighted by atomic mass is 10.2. The SMILES string of the molecule is CCCCCC(N)OC(=O)CC(=O)OC(N)CCCCC. The Balaban J connectivity index is 3.80. The number of rotatable bonds is 12. The van der Waals surface area contributed by atoms with Crippen LogP contribution in [0.2, 0.25) is 0 Å². The molecule has 0 rings (SSSR count). The molecule has 0 aliphatic rings. The van der Waals surface area contributed by atoms with Gasteiger partial charge in [0.25, 0.3) is 0 Å². The maximum absolute atomic E-state index is 11.5. The van der Waals surface area contributed by atoms with Crippen LogP contribution in [0.5, 0.6) is 0 Å². The molecule has 0 saturated heterocycles. The molecule has 2 unspecified atom stereocenters. The van der Waals surface area contributed by atoms with Crippen LogP contribution >= 0.6 is 0 Å². The van der Waals surface area contributed by atoms with Crippen LogP contribution in [0.1, 0.15) is 71.6 Å². The molecule has 0 fully saturated rings. The molecule has 0 heterocycles. The summed E-state index contributed by atoms with van der Waals surface area (Å²) >= 11 is 0. The molecule has 0 spiro atoms. The summed E-state index contributed by atoms with van der Waals surface area (Å²) in [6, 6.07) is 0.